The molecule has 4 aromatic heterocycles. The highest BCUT2D eigenvalue weighted by Crippen LogP contribution is 2.44. The van der Waals surface area contributed by atoms with Gasteiger partial charge in [-0.3, -0.25) is 19.0 Å². The summed E-state index contributed by atoms with van der Waals surface area (Å²) < 4.78 is 44.7. The standard InChI is InChI=1S/C21H19BrF3N7O2S/c1-8-12(6-27-31(8)4)11-5-14(21(23,24)25)29-20-15(11)16(17(35-20)18(26)33)30-19(34)10(3)32-9(2)13(22)7-28-32/h5-7,10H,1-4H3,(H2,26,33)(H,30,34). The number of primary amides is 1. The normalized spacial score (nSPS) is 12.8. The number of pyridine rings is 1. The van der Waals surface area contributed by atoms with Gasteiger partial charge in [0.25, 0.3) is 5.91 Å². The van der Waals surface area contributed by atoms with E-state index in [2.05, 4.69) is 36.4 Å². The Bertz CT molecular complexity index is 1490. The second-order valence-electron chi connectivity index (χ2n) is 7.86. The van der Waals surface area contributed by atoms with E-state index in [1.54, 1.807) is 34.0 Å². The fraction of sp³-hybridized carbons (Fsp3) is 0.286. The van der Waals surface area contributed by atoms with E-state index in [4.69, 9.17) is 5.73 Å². The van der Waals surface area contributed by atoms with Crippen LogP contribution in [0.5, 0.6) is 0 Å². The molecule has 4 heterocycles. The van der Waals surface area contributed by atoms with Gasteiger partial charge in [-0.05, 0) is 48.3 Å². The van der Waals surface area contributed by atoms with Crippen LogP contribution >= 0.6 is 27.3 Å². The molecule has 14 heteroatoms. The van der Waals surface area contributed by atoms with E-state index >= 15 is 0 Å². The lowest BCUT2D eigenvalue weighted by molar-refractivity contribution is -0.140. The number of carbonyl (C=O) groups excluding carboxylic acids is 2. The van der Waals surface area contributed by atoms with Gasteiger partial charge < -0.3 is 11.1 Å². The molecule has 0 saturated carbocycles. The first-order chi connectivity index (χ1) is 16.3. The van der Waals surface area contributed by atoms with Crippen LogP contribution in [0.3, 0.4) is 0 Å². The number of nitrogens with two attached hydrogens (primary N) is 1. The molecule has 0 aliphatic heterocycles. The van der Waals surface area contributed by atoms with Gasteiger partial charge in [-0.15, -0.1) is 11.3 Å². The minimum Gasteiger partial charge on any atom is -0.365 e. The smallest absolute Gasteiger partial charge is 0.365 e. The molecule has 184 valence electrons. The molecular formula is C21H19BrF3N7O2S. The number of anilines is 1. The number of alkyl halides is 3. The minimum absolute atomic E-state index is 0.00213. The van der Waals surface area contributed by atoms with Crippen LogP contribution in [0.25, 0.3) is 21.3 Å². The van der Waals surface area contributed by atoms with Gasteiger partial charge in [0, 0.05) is 23.7 Å². The molecule has 35 heavy (non-hydrogen) atoms. The molecule has 0 aromatic carbocycles. The van der Waals surface area contributed by atoms with Crippen molar-refractivity contribution in [3.8, 4) is 11.1 Å². The zero-order valence-electron chi connectivity index (χ0n) is 18.9. The summed E-state index contributed by atoms with van der Waals surface area (Å²) in [6.07, 6.45) is -1.77. The van der Waals surface area contributed by atoms with E-state index < -0.39 is 29.7 Å². The van der Waals surface area contributed by atoms with Gasteiger partial charge in [0.2, 0.25) is 5.91 Å². The molecule has 0 spiro atoms. The van der Waals surface area contributed by atoms with Crippen molar-refractivity contribution in [1.82, 2.24) is 24.5 Å². The maximum atomic E-state index is 13.7. The highest BCUT2D eigenvalue weighted by atomic mass is 79.9. The van der Waals surface area contributed by atoms with Crippen LogP contribution in [-0.2, 0) is 18.0 Å². The SMILES string of the molecule is Cc1c(-c2cc(C(F)(F)F)nc3sc(C(N)=O)c(NC(=O)C(C)n4ncc(Br)c4C)c23)cnn1C. The van der Waals surface area contributed by atoms with Crippen LogP contribution in [0.2, 0.25) is 0 Å². The zero-order chi connectivity index (χ0) is 25.8. The van der Waals surface area contributed by atoms with Gasteiger partial charge in [0.05, 0.1) is 28.2 Å². The van der Waals surface area contributed by atoms with Crippen molar-refractivity contribution in [2.75, 3.05) is 5.32 Å². The van der Waals surface area contributed by atoms with Crippen molar-refractivity contribution in [1.29, 1.82) is 0 Å². The topological polar surface area (TPSA) is 121 Å². The Balaban J connectivity index is 1.95. The predicted molar refractivity (Wildman–Crippen MR) is 128 cm³/mol. The molecular weight excluding hydrogens is 551 g/mol. The van der Waals surface area contributed by atoms with Crippen LogP contribution in [0.4, 0.5) is 18.9 Å². The van der Waals surface area contributed by atoms with Gasteiger partial charge in [-0.1, -0.05) is 0 Å². The molecule has 0 radical (unpaired) electrons. The number of carbonyl (C=O) groups is 2. The van der Waals surface area contributed by atoms with Gasteiger partial charge in [-0.2, -0.15) is 23.4 Å². The summed E-state index contributed by atoms with van der Waals surface area (Å²) in [4.78, 5) is 29.0. The molecule has 9 nitrogen and oxygen atoms in total. The summed E-state index contributed by atoms with van der Waals surface area (Å²) in [5.41, 5.74) is 6.21. The van der Waals surface area contributed by atoms with Crippen LogP contribution in [0, 0.1) is 13.8 Å². The first-order valence-electron chi connectivity index (χ1n) is 10.1. The average Bonchev–Trinajstić information content (AvgIpc) is 3.43. The molecule has 0 saturated heterocycles. The Morgan fingerprint density at radius 3 is 2.37 bits per heavy atom. The lowest BCUT2D eigenvalue weighted by Crippen LogP contribution is -2.26. The van der Waals surface area contributed by atoms with Crippen LogP contribution in [-0.4, -0.2) is 36.4 Å². The number of fused-ring (bicyclic) bond motifs is 1. The Morgan fingerprint density at radius 2 is 1.86 bits per heavy atom. The quantitative estimate of drug-likeness (QED) is 0.364. The molecule has 4 aromatic rings. The van der Waals surface area contributed by atoms with Gasteiger partial charge in [-0.25, -0.2) is 4.98 Å². The summed E-state index contributed by atoms with van der Waals surface area (Å²) in [5.74, 6) is -1.45. The lowest BCUT2D eigenvalue weighted by Gasteiger charge is -2.16. The van der Waals surface area contributed by atoms with Crippen molar-refractivity contribution in [3.63, 3.8) is 0 Å². The summed E-state index contributed by atoms with van der Waals surface area (Å²) in [6.45, 7) is 5.07. The maximum Gasteiger partial charge on any atom is 0.433 e. The van der Waals surface area contributed by atoms with Crippen LogP contribution in [0.1, 0.15) is 39.7 Å². The monoisotopic (exact) mass is 569 g/mol. The van der Waals surface area contributed by atoms with Gasteiger partial charge >= 0.3 is 6.18 Å². The first-order valence-corrected chi connectivity index (χ1v) is 11.8. The molecule has 4 rings (SSSR count). The summed E-state index contributed by atoms with van der Waals surface area (Å²) in [7, 11) is 1.65. The fourth-order valence-corrected chi connectivity index (χ4v) is 4.92. The molecule has 0 aliphatic rings. The third kappa shape index (κ3) is 4.31. The van der Waals surface area contributed by atoms with Crippen molar-refractivity contribution in [3.05, 3.63) is 44.9 Å². The second kappa shape index (κ2) is 8.75. The van der Waals surface area contributed by atoms with Crippen molar-refractivity contribution >= 4 is 55.0 Å². The molecule has 1 unspecified atom stereocenters. The van der Waals surface area contributed by atoms with Crippen LogP contribution in [0.15, 0.2) is 22.9 Å². The van der Waals surface area contributed by atoms with E-state index in [-0.39, 0.29) is 26.3 Å². The fourth-order valence-electron chi connectivity index (χ4n) is 3.64. The van der Waals surface area contributed by atoms with E-state index in [1.165, 1.54) is 15.6 Å². The van der Waals surface area contributed by atoms with Crippen molar-refractivity contribution in [2.24, 2.45) is 12.8 Å². The molecule has 0 bridgehead atoms. The summed E-state index contributed by atoms with van der Waals surface area (Å²) >= 11 is 4.02. The summed E-state index contributed by atoms with van der Waals surface area (Å²) in [5, 5.41) is 11.2. The zero-order valence-corrected chi connectivity index (χ0v) is 21.3. The summed E-state index contributed by atoms with van der Waals surface area (Å²) in [6, 6.07) is 0.0838. The number of hydrogen-bond donors (Lipinski definition) is 2. The van der Waals surface area contributed by atoms with Gasteiger partial charge in [0.15, 0.2) is 0 Å². The number of nitrogens with one attached hydrogen (secondary N) is 1. The molecule has 2 amide bonds. The third-order valence-corrected chi connectivity index (χ3v) is 7.56. The predicted octanol–water partition coefficient (Wildman–Crippen LogP) is 4.59. The van der Waals surface area contributed by atoms with Gasteiger partial charge in [0.1, 0.15) is 21.4 Å². The number of nitrogens with zero attached hydrogens (tertiary/aromatic N) is 5. The molecule has 0 fully saturated rings. The molecule has 0 aliphatic carbocycles. The van der Waals surface area contributed by atoms with Crippen molar-refractivity contribution in [2.45, 2.75) is 33.0 Å². The number of rotatable bonds is 5. The number of amides is 2. The largest absolute Gasteiger partial charge is 0.433 e. The lowest BCUT2D eigenvalue weighted by atomic mass is 10.0. The number of halogens is 4. The average molecular weight is 570 g/mol. The second-order valence-corrected chi connectivity index (χ2v) is 9.71. The Kier molecular flexibility index (Phi) is 6.21. The Morgan fingerprint density at radius 1 is 1.17 bits per heavy atom. The highest BCUT2D eigenvalue weighted by Gasteiger charge is 2.35. The number of thiophene rings is 1. The van der Waals surface area contributed by atoms with Crippen LogP contribution < -0.4 is 11.1 Å². The Hall–Kier alpha value is -3.26. The Labute approximate surface area is 209 Å². The van der Waals surface area contributed by atoms with E-state index in [9.17, 15) is 22.8 Å². The van der Waals surface area contributed by atoms with E-state index in [0.29, 0.717) is 32.8 Å². The molecule has 1 atom stereocenters. The molecule has 3 N–H and O–H groups in total. The highest BCUT2D eigenvalue weighted by molar-refractivity contribution is 9.10. The maximum absolute atomic E-state index is 13.7. The number of aryl methyl sites for hydroxylation is 1. The third-order valence-electron chi connectivity index (χ3n) is 5.68. The first kappa shape index (κ1) is 24.9. The van der Waals surface area contributed by atoms with E-state index in [1.807, 2.05) is 0 Å². The van der Waals surface area contributed by atoms with E-state index in [0.717, 1.165) is 6.07 Å². The number of aromatic nitrogens is 5. The number of hydrogen-bond acceptors (Lipinski definition) is 6. The minimum atomic E-state index is -4.74. The van der Waals surface area contributed by atoms with Crippen molar-refractivity contribution < 1.29 is 22.8 Å².